The number of halogens is 2. The van der Waals surface area contributed by atoms with Gasteiger partial charge in [0.2, 0.25) is 0 Å². The van der Waals surface area contributed by atoms with E-state index in [4.69, 9.17) is 86.8 Å². The molecule has 0 bridgehead atoms. The van der Waals surface area contributed by atoms with Gasteiger partial charge in [-0.2, -0.15) is 0 Å². The van der Waals surface area contributed by atoms with Crippen LogP contribution < -0.4 is 44.0 Å². The Kier molecular flexibility index (Phi) is 51.6. The van der Waals surface area contributed by atoms with Crippen molar-refractivity contribution in [1.29, 1.82) is 0 Å². The monoisotopic (exact) mass is 1880 g/mol. The standard InChI is InChI=1S/C22H26N2O.C21H24N2O2.C20H22N2O3.C14H22BNO2.C14H16ClNO.C9H6ClNO.C5H12O.7CH4/c1-5-19(6-2)25-20-13-9-17-10-14-21(23-22(17)15-20)16-7-11-18(12-8-16)24(3)4;1-4-18(14-24)25-19-11-7-16-8-12-20(22-21(16)13-19)15-5-9-17(10-6-15)23(2)3;1-22(2)16-7-3-14(4-8-16)19-10-6-15-5-9-17(11-20(15)21-19)25-18(12-23)13-24;1-13(2)14(3,4)18-15(17-13)11-7-9-12(10-8-11)16(5)6;1-3-11(4-2)17-12-7-5-10-6-8-14(15)16-13(10)9-12;10-9-4-2-6-1-3-7(12)5-8(6)11-9;1-3-5(6)4-2;;;;;;;/h7-15,19H,5-6H2,1-4H3;5-13,18,24H,4,14H2,1-3H3;3-11,18,23-24H,12-13H2,1-2H3;7-10H,1-6H3;5-9,11H,3-4H2,1-2H3;1-5,12H;5-6H,3-4H2,1-2H3;7*1H4. The number of fused-ring (bicyclic) bond motifs is 5. The van der Waals surface area contributed by atoms with Gasteiger partial charge in [0.25, 0.3) is 0 Å². The number of hydrogen-bond acceptors (Lipinski definition) is 20. The molecule has 732 valence electrons. The number of ether oxygens (including phenoxy) is 4. The average Bonchev–Trinajstić information content (AvgIpc) is 1.62. The Morgan fingerprint density at radius 3 is 0.822 bits per heavy atom. The zero-order chi connectivity index (χ0) is 92.8. The summed E-state index contributed by atoms with van der Waals surface area (Å²) in [6.45, 7) is 22.4. The molecule has 1 unspecified atom stereocenters. The molecule has 6 heterocycles. The number of aromatic nitrogens is 5. The van der Waals surface area contributed by atoms with Crippen molar-refractivity contribution >= 4 is 113 Å². The lowest BCUT2D eigenvalue weighted by atomic mass is 9.79. The van der Waals surface area contributed by atoms with Crippen LogP contribution in [0.15, 0.2) is 249 Å². The van der Waals surface area contributed by atoms with E-state index in [1.165, 1.54) is 11.4 Å². The SMILES string of the molecule is C.C.C.C.C.C.C.CCC(CC)Oc1ccc2ccc(-c3ccc(N(C)C)cc3)nc2c1.CCC(CC)Oc1ccc2ccc(Cl)nc2c1.CCC(CO)Oc1ccc2ccc(-c3ccc(N(C)C)cc3)nc2c1.CCC(O)CC.CN(C)c1ccc(-c2ccc3ccc(OC(CO)CO)cc3n2)cc1.CN(C)c1ccc(B2OC(C)(C)C(C)(C)O2)cc1.Oc1ccc2ccc(Cl)nc2c1. The number of anilines is 4. The van der Waals surface area contributed by atoms with Gasteiger partial charge in [-0.1, -0.05) is 190 Å². The van der Waals surface area contributed by atoms with Crippen molar-refractivity contribution < 1.29 is 53.8 Å². The van der Waals surface area contributed by atoms with Gasteiger partial charge in [0.05, 0.1) is 94.0 Å². The summed E-state index contributed by atoms with van der Waals surface area (Å²) in [6, 6.07) is 81.6. The van der Waals surface area contributed by atoms with Crippen molar-refractivity contribution in [2.45, 2.75) is 215 Å². The molecule has 5 N–H and O–H groups in total. The van der Waals surface area contributed by atoms with Gasteiger partial charge in [0.15, 0.2) is 0 Å². The average molecular weight is 1890 g/mol. The highest BCUT2D eigenvalue weighted by Crippen LogP contribution is 2.38. The van der Waals surface area contributed by atoms with E-state index >= 15 is 0 Å². The number of nitrogens with zero attached hydrogens (tertiary/aromatic N) is 9. The maximum atomic E-state index is 9.31. The van der Waals surface area contributed by atoms with E-state index in [0.29, 0.717) is 21.6 Å². The lowest BCUT2D eigenvalue weighted by Gasteiger charge is -2.32. The number of pyridine rings is 5. The number of aromatic hydroxyl groups is 1. The second-order valence-corrected chi connectivity index (χ2v) is 33.8. The van der Waals surface area contributed by atoms with Crippen LogP contribution in [0.1, 0.15) is 173 Å². The zero-order valence-corrected chi connectivity index (χ0v) is 79.2. The molecule has 14 aromatic rings. The summed E-state index contributed by atoms with van der Waals surface area (Å²) in [6.07, 6.45) is 6.25. The number of benzene rings is 9. The second-order valence-electron chi connectivity index (χ2n) is 33.1. The maximum Gasteiger partial charge on any atom is 0.494 e. The van der Waals surface area contributed by atoms with Crippen molar-refractivity contribution in [2.75, 3.05) is 95.8 Å². The van der Waals surface area contributed by atoms with Gasteiger partial charge in [-0.25, -0.2) is 24.9 Å². The van der Waals surface area contributed by atoms with Gasteiger partial charge in [0, 0.05) is 153 Å². The van der Waals surface area contributed by atoms with Crippen molar-refractivity contribution in [3.8, 4) is 62.5 Å². The topological polar surface area (TPSA) is 234 Å². The number of phenolic OH excluding ortho intramolecular Hbond substituents is 1. The molecule has 1 saturated heterocycles. The first-order valence-corrected chi connectivity index (χ1v) is 44.8. The van der Waals surface area contributed by atoms with E-state index in [1.807, 2.05) is 174 Å². The van der Waals surface area contributed by atoms with Gasteiger partial charge in [-0.15, -0.1) is 0 Å². The Morgan fingerprint density at radius 2 is 0.556 bits per heavy atom. The van der Waals surface area contributed by atoms with Crippen molar-refractivity contribution in [1.82, 2.24) is 24.9 Å². The lowest BCUT2D eigenvalue weighted by molar-refractivity contribution is 0.00578. The molecule has 20 nitrogen and oxygen atoms in total. The molecule has 0 aliphatic carbocycles. The smallest absolute Gasteiger partial charge is 0.494 e. The summed E-state index contributed by atoms with van der Waals surface area (Å²) in [4.78, 5) is 31.0. The molecule has 23 heteroatoms. The molecule has 15 rings (SSSR count). The summed E-state index contributed by atoms with van der Waals surface area (Å²) in [5.41, 5.74) is 15.5. The van der Waals surface area contributed by atoms with Crippen LogP contribution in [0.2, 0.25) is 10.3 Å². The fourth-order valence-corrected chi connectivity index (χ4v) is 13.6. The largest absolute Gasteiger partial charge is 0.508 e. The summed E-state index contributed by atoms with van der Waals surface area (Å²) in [7, 11) is 16.0. The van der Waals surface area contributed by atoms with Crippen LogP contribution in [0.5, 0.6) is 28.7 Å². The quantitative estimate of drug-likeness (QED) is 0.0250. The first-order valence-electron chi connectivity index (χ1n) is 44.0. The highest BCUT2D eigenvalue weighted by Gasteiger charge is 2.51. The molecule has 1 aliphatic heterocycles. The maximum absolute atomic E-state index is 9.31. The minimum Gasteiger partial charge on any atom is -0.508 e. The lowest BCUT2D eigenvalue weighted by Crippen LogP contribution is -2.41. The Labute approximate surface area is 818 Å². The van der Waals surface area contributed by atoms with E-state index in [9.17, 15) is 5.11 Å². The summed E-state index contributed by atoms with van der Waals surface area (Å²) in [5.74, 6) is 3.28. The Balaban J connectivity index is 0.000000542. The summed E-state index contributed by atoms with van der Waals surface area (Å²) < 4.78 is 35.3. The predicted molar refractivity (Wildman–Crippen MR) is 580 cm³/mol. The minimum absolute atomic E-state index is 0. The van der Waals surface area contributed by atoms with Crippen LogP contribution in [-0.2, 0) is 9.31 Å². The van der Waals surface area contributed by atoms with Crippen LogP contribution in [0.25, 0.3) is 88.3 Å². The molecule has 135 heavy (non-hydrogen) atoms. The van der Waals surface area contributed by atoms with E-state index < -0.39 is 6.10 Å². The van der Waals surface area contributed by atoms with Crippen LogP contribution in [-0.4, -0.2) is 175 Å². The van der Waals surface area contributed by atoms with Crippen LogP contribution in [0.4, 0.5) is 22.7 Å². The van der Waals surface area contributed by atoms with Crippen molar-refractivity contribution in [2.24, 2.45) is 0 Å². The van der Waals surface area contributed by atoms with E-state index in [0.717, 1.165) is 162 Å². The van der Waals surface area contributed by atoms with E-state index in [-0.39, 0.29) is 120 Å². The van der Waals surface area contributed by atoms with E-state index in [1.54, 1.807) is 30.3 Å². The number of aliphatic hydroxyl groups is 4. The Bertz CT molecular complexity index is 5360. The number of hydrogen-bond donors (Lipinski definition) is 5. The number of rotatable bonds is 26. The molecule has 0 radical (unpaired) electrons. The molecule has 5 aromatic heterocycles. The van der Waals surface area contributed by atoms with Crippen LogP contribution >= 0.6 is 23.2 Å². The Hall–Kier alpha value is -11.4. The first-order chi connectivity index (χ1) is 61.3. The van der Waals surface area contributed by atoms with Gasteiger partial charge < -0.3 is 73.4 Å². The van der Waals surface area contributed by atoms with Gasteiger partial charge >= 0.3 is 7.12 Å². The third kappa shape index (κ3) is 35.1. The molecular weight excluding hydrogens is 1730 g/mol. The normalized spacial score (nSPS) is 11.9. The highest BCUT2D eigenvalue weighted by atomic mass is 35.5. The van der Waals surface area contributed by atoms with Gasteiger partial charge in [0.1, 0.15) is 51.3 Å². The second kappa shape index (κ2) is 58.2. The number of aliphatic hydroxyl groups excluding tert-OH is 4. The van der Waals surface area contributed by atoms with Gasteiger partial charge in [-0.05, 0) is 230 Å². The Morgan fingerprint density at radius 1 is 0.311 bits per heavy atom. The molecule has 1 atom stereocenters. The predicted octanol–water partition coefficient (Wildman–Crippen LogP) is 27.1. The third-order valence-electron chi connectivity index (χ3n) is 22.3. The van der Waals surface area contributed by atoms with E-state index in [2.05, 4.69) is 206 Å². The highest BCUT2D eigenvalue weighted by molar-refractivity contribution is 6.62. The van der Waals surface area contributed by atoms with Crippen LogP contribution in [0.3, 0.4) is 0 Å². The van der Waals surface area contributed by atoms with Crippen molar-refractivity contribution in [3.05, 3.63) is 259 Å². The fraction of sp³-hybridized carbons (Fsp3) is 0.384. The molecule has 0 spiro atoms. The summed E-state index contributed by atoms with van der Waals surface area (Å²) in [5, 5.41) is 51.6. The minimum atomic E-state index is -0.626. The third-order valence-corrected chi connectivity index (χ3v) is 22.7. The summed E-state index contributed by atoms with van der Waals surface area (Å²) >= 11 is 11.6. The molecule has 0 saturated carbocycles. The zero-order valence-electron chi connectivity index (χ0n) is 77.7. The molecule has 9 aromatic carbocycles. The number of phenols is 1. The molecule has 0 amide bonds. The molecular formula is C112H156BCl2N9O11. The van der Waals surface area contributed by atoms with Crippen LogP contribution in [0, 0.1) is 0 Å². The molecule has 1 fully saturated rings. The first kappa shape index (κ1) is 120. The van der Waals surface area contributed by atoms with Crippen molar-refractivity contribution in [3.63, 3.8) is 0 Å². The van der Waals surface area contributed by atoms with Gasteiger partial charge in [-0.3, -0.25) is 0 Å². The molecule has 1 aliphatic rings. The fourth-order valence-electron chi connectivity index (χ4n) is 13.3.